The van der Waals surface area contributed by atoms with Crippen molar-refractivity contribution in [1.82, 2.24) is 20.0 Å². The Morgan fingerprint density at radius 3 is 2.33 bits per heavy atom. The van der Waals surface area contributed by atoms with Gasteiger partial charge in [0.25, 0.3) is 5.91 Å². The normalized spacial score (nSPS) is 13.5. The van der Waals surface area contributed by atoms with E-state index in [1.807, 2.05) is 0 Å². The number of halogens is 4. The van der Waals surface area contributed by atoms with Gasteiger partial charge >= 0.3 is 0 Å². The van der Waals surface area contributed by atoms with Gasteiger partial charge in [-0.15, -0.1) is 0 Å². The first-order valence-corrected chi connectivity index (χ1v) is 13.7. The van der Waals surface area contributed by atoms with Crippen molar-refractivity contribution in [2.24, 2.45) is 0 Å². The molecule has 214 valence electrons. The molecule has 4 aromatic rings. The van der Waals surface area contributed by atoms with E-state index in [0.29, 0.717) is 45.4 Å². The zero-order valence-electron chi connectivity index (χ0n) is 22.0. The first-order valence-electron chi connectivity index (χ1n) is 13.0. The first kappa shape index (κ1) is 29.0. The summed E-state index contributed by atoms with van der Waals surface area (Å²) in [4.78, 5) is 28.2. The third kappa shape index (κ3) is 6.38. The van der Waals surface area contributed by atoms with Crippen molar-refractivity contribution in [2.45, 2.75) is 25.4 Å². The van der Waals surface area contributed by atoms with E-state index in [9.17, 15) is 18.4 Å². The van der Waals surface area contributed by atoms with Gasteiger partial charge in [-0.1, -0.05) is 47.5 Å². The Hall–Kier alpha value is -4.46. The molecular formula is C30H23Cl2F2N5O3. The Morgan fingerprint density at radius 2 is 1.69 bits per heavy atom. The van der Waals surface area contributed by atoms with Crippen LogP contribution in [0.1, 0.15) is 28.9 Å². The number of ether oxygens (including phenoxy) is 1. The lowest BCUT2D eigenvalue weighted by atomic mass is 10.0. The quantitative estimate of drug-likeness (QED) is 0.206. The number of nitrogens with zero attached hydrogens (tertiary/aromatic N) is 4. The maximum absolute atomic E-state index is 13.9. The fraction of sp³-hybridized carbons (Fsp3) is 0.200. The zero-order chi connectivity index (χ0) is 29.8. The number of amides is 2. The largest absolute Gasteiger partial charge is 0.490 e. The molecule has 1 aliphatic rings. The van der Waals surface area contributed by atoms with E-state index in [1.165, 1.54) is 4.68 Å². The van der Waals surface area contributed by atoms with Gasteiger partial charge in [0.1, 0.15) is 23.5 Å². The lowest BCUT2D eigenvalue weighted by Gasteiger charge is -2.32. The highest BCUT2D eigenvalue weighted by molar-refractivity contribution is 6.32. The van der Waals surface area contributed by atoms with Crippen LogP contribution in [0.3, 0.4) is 0 Å². The van der Waals surface area contributed by atoms with Crippen molar-refractivity contribution in [2.75, 3.05) is 13.1 Å². The molecule has 0 spiro atoms. The molecule has 0 atom stereocenters. The Balaban J connectivity index is 1.50. The second-order valence-electron chi connectivity index (χ2n) is 9.60. The monoisotopic (exact) mass is 609 g/mol. The lowest BCUT2D eigenvalue weighted by molar-refractivity contribution is -0.119. The molecule has 0 saturated carbocycles. The maximum Gasteiger partial charge on any atom is 0.274 e. The molecular weight excluding hydrogens is 587 g/mol. The van der Waals surface area contributed by atoms with Gasteiger partial charge in [0, 0.05) is 60.3 Å². The van der Waals surface area contributed by atoms with Gasteiger partial charge in [0.05, 0.1) is 22.8 Å². The number of aromatic nitrogens is 2. The summed E-state index contributed by atoms with van der Waals surface area (Å²) in [7, 11) is 0. The minimum Gasteiger partial charge on any atom is -0.490 e. The molecule has 0 radical (unpaired) electrons. The molecule has 3 aromatic carbocycles. The average Bonchev–Trinajstić information content (AvgIpc) is 3.32. The van der Waals surface area contributed by atoms with Crippen molar-refractivity contribution in [3.8, 4) is 28.9 Å². The van der Waals surface area contributed by atoms with Crippen molar-refractivity contribution < 1.29 is 23.1 Å². The summed E-state index contributed by atoms with van der Waals surface area (Å²) in [6, 6.07) is 16.8. The van der Waals surface area contributed by atoms with E-state index in [1.54, 1.807) is 59.6 Å². The summed E-state index contributed by atoms with van der Waals surface area (Å²) in [5.74, 6) is -2.44. The molecule has 2 heterocycles. The van der Waals surface area contributed by atoms with E-state index in [-0.39, 0.29) is 37.1 Å². The molecule has 12 heteroatoms. The number of para-hydroxylation sites is 1. The SMILES string of the molecule is N#CNC(=O)Cc1c(C(=O)N2CCC(Oc3cc(F)cc(F)c3)CC2)nn(-c2ccccc2Cl)c1-c1ccc(Cl)cc1. The van der Waals surface area contributed by atoms with Crippen LogP contribution in [0, 0.1) is 23.1 Å². The summed E-state index contributed by atoms with van der Waals surface area (Å²) in [5.41, 5.74) is 1.89. The highest BCUT2D eigenvalue weighted by atomic mass is 35.5. The number of carbonyl (C=O) groups is 2. The lowest BCUT2D eigenvalue weighted by Crippen LogP contribution is -2.42. The van der Waals surface area contributed by atoms with E-state index in [0.717, 1.165) is 18.2 Å². The van der Waals surface area contributed by atoms with E-state index in [4.69, 9.17) is 33.2 Å². The third-order valence-corrected chi connectivity index (χ3v) is 7.36. The van der Waals surface area contributed by atoms with Gasteiger partial charge < -0.3 is 9.64 Å². The third-order valence-electron chi connectivity index (χ3n) is 6.79. The molecule has 2 amide bonds. The summed E-state index contributed by atoms with van der Waals surface area (Å²) in [6.07, 6.45) is 1.77. The fourth-order valence-corrected chi connectivity index (χ4v) is 5.22. The van der Waals surface area contributed by atoms with Crippen LogP contribution in [-0.4, -0.2) is 45.7 Å². The summed E-state index contributed by atoms with van der Waals surface area (Å²) >= 11 is 12.7. The highest BCUT2D eigenvalue weighted by Crippen LogP contribution is 2.34. The predicted octanol–water partition coefficient (Wildman–Crippen LogP) is 5.95. The van der Waals surface area contributed by atoms with Crippen LogP contribution in [0.5, 0.6) is 5.75 Å². The molecule has 42 heavy (non-hydrogen) atoms. The predicted molar refractivity (Wildman–Crippen MR) is 152 cm³/mol. The fourth-order valence-electron chi connectivity index (χ4n) is 4.87. The second-order valence-corrected chi connectivity index (χ2v) is 10.4. The molecule has 5 rings (SSSR count). The summed E-state index contributed by atoms with van der Waals surface area (Å²) in [5, 5.41) is 16.7. The van der Waals surface area contributed by atoms with Crippen LogP contribution in [0.2, 0.25) is 10.0 Å². The number of rotatable bonds is 7. The van der Waals surface area contributed by atoms with Gasteiger partial charge in [-0.3, -0.25) is 14.9 Å². The molecule has 1 aromatic heterocycles. The molecule has 1 saturated heterocycles. The van der Waals surface area contributed by atoms with E-state index < -0.39 is 23.4 Å². The van der Waals surface area contributed by atoms with Crippen LogP contribution in [0.25, 0.3) is 16.9 Å². The van der Waals surface area contributed by atoms with Gasteiger partial charge in [0.15, 0.2) is 11.9 Å². The first-order chi connectivity index (χ1) is 20.2. The van der Waals surface area contributed by atoms with Crippen molar-refractivity contribution >= 4 is 35.0 Å². The van der Waals surface area contributed by atoms with Crippen molar-refractivity contribution in [1.29, 1.82) is 5.26 Å². The minimum absolute atomic E-state index is 0.0273. The Kier molecular flexibility index (Phi) is 8.71. The standard InChI is InChI=1S/C30H23Cl2F2N5O3/c31-19-7-5-18(6-8-19)29-24(16-27(40)36-17-35)28(37-39(29)26-4-2-1-3-25(26)32)30(41)38-11-9-22(10-12-38)42-23-14-20(33)13-21(34)15-23/h1-8,13-15,22H,9-12,16H2,(H,36,40). The molecule has 1 aliphatic heterocycles. The zero-order valence-corrected chi connectivity index (χ0v) is 23.5. The Labute approximate surface area is 250 Å². The van der Waals surface area contributed by atoms with Crippen LogP contribution in [-0.2, 0) is 11.2 Å². The Morgan fingerprint density at radius 1 is 1.02 bits per heavy atom. The number of piperidine rings is 1. The van der Waals surface area contributed by atoms with E-state index >= 15 is 0 Å². The number of benzene rings is 3. The van der Waals surface area contributed by atoms with Gasteiger partial charge in [0.2, 0.25) is 5.91 Å². The number of likely N-dealkylation sites (tertiary alicyclic amines) is 1. The van der Waals surface area contributed by atoms with E-state index in [2.05, 4.69) is 10.4 Å². The van der Waals surface area contributed by atoms with Crippen molar-refractivity contribution in [3.63, 3.8) is 0 Å². The molecule has 0 aliphatic carbocycles. The van der Waals surface area contributed by atoms with Gasteiger partial charge in [-0.05, 0) is 24.3 Å². The summed E-state index contributed by atoms with van der Waals surface area (Å²) < 4.78 is 34.5. The molecule has 8 nitrogen and oxygen atoms in total. The number of hydrogen-bond donors (Lipinski definition) is 1. The van der Waals surface area contributed by atoms with Gasteiger partial charge in [-0.25, -0.2) is 13.5 Å². The maximum atomic E-state index is 13.9. The number of carbonyl (C=O) groups excluding carboxylic acids is 2. The number of hydrogen-bond acceptors (Lipinski definition) is 5. The molecule has 0 unspecified atom stereocenters. The number of nitriles is 1. The van der Waals surface area contributed by atoms with Crippen LogP contribution in [0.15, 0.2) is 66.7 Å². The molecule has 1 fully saturated rings. The average molecular weight is 610 g/mol. The smallest absolute Gasteiger partial charge is 0.274 e. The van der Waals surface area contributed by atoms with Crippen LogP contribution in [0.4, 0.5) is 8.78 Å². The summed E-state index contributed by atoms with van der Waals surface area (Å²) in [6.45, 7) is 0.556. The number of nitrogens with one attached hydrogen (secondary N) is 1. The van der Waals surface area contributed by atoms with Gasteiger partial charge in [-0.2, -0.15) is 10.4 Å². The Bertz CT molecular complexity index is 1660. The van der Waals surface area contributed by atoms with Crippen LogP contribution < -0.4 is 10.1 Å². The highest BCUT2D eigenvalue weighted by Gasteiger charge is 2.32. The minimum atomic E-state index is -0.740. The second kappa shape index (κ2) is 12.6. The van der Waals surface area contributed by atoms with Crippen molar-refractivity contribution in [3.05, 3.63) is 99.7 Å². The van der Waals surface area contributed by atoms with Crippen LogP contribution >= 0.6 is 23.2 Å². The molecule has 0 bridgehead atoms. The topological polar surface area (TPSA) is 100 Å². The molecule has 1 N–H and O–H groups in total.